The van der Waals surface area contributed by atoms with Crippen LogP contribution in [0.25, 0.3) is 5.76 Å². The molecule has 2 aromatic rings. The van der Waals surface area contributed by atoms with Gasteiger partial charge in [-0.15, -0.1) is 0 Å². The van der Waals surface area contributed by atoms with Crippen LogP contribution in [0.3, 0.4) is 0 Å². The molecule has 134 valence electrons. The Kier molecular flexibility index (Phi) is 8.43. The van der Waals surface area contributed by atoms with Gasteiger partial charge in [0, 0.05) is 23.6 Å². The number of nitrogen functional groups attached to an aromatic ring is 1. The third-order valence-corrected chi connectivity index (χ3v) is 3.19. The normalized spacial score (nSPS) is 10.3. The molecular formula is C19H25N3O3. The molecule has 2 aromatic carbocycles. The zero-order valence-corrected chi connectivity index (χ0v) is 14.8. The van der Waals surface area contributed by atoms with E-state index in [4.69, 9.17) is 20.9 Å². The van der Waals surface area contributed by atoms with E-state index in [2.05, 4.69) is 5.32 Å². The highest BCUT2D eigenvalue weighted by Crippen LogP contribution is 2.28. The Hall–Kier alpha value is -3.15. The van der Waals surface area contributed by atoms with Gasteiger partial charge in [-0.3, -0.25) is 4.79 Å². The van der Waals surface area contributed by atoms with Gasteiger partial charge in [-0.1, -0.05) is 12.1 Å². The fourth-order valence-electron chi connectivity index (χ4n) is 2.09. The molecule has 0 unspecified atom stereocenters. The van der Waals surface area contributed by atoms with Gasteiger partial charge >= 0.3 is 0 Å². The average Bonchev–Trinajstić information content (AvgIpc) is 2.61. The van der Waals surface area contributed by atoms with Crippen LogP contribution in [0.1, 0.15) is 18.1 Å². The van der Waals surface area contributed by atoms with Crippen molar-refractivity contribution >= 4 is 23.5 Å². The van der Waals surface area contributed by atoms with Gasteiger partial charge in [0.2, 0.25) is 6.41 Å². The zero-order chi connectivity index (χ0) is 18.7. The van der Waals surface area contributed by atoms with Crippen LogP contribution >= 0.6 is 0 Å². The minimum atomic E-state index is 0.552. The molecule has 0 saturated carbocycles. The lowest BCUT2D eigenvalue weighted by Crippen LogP contribution is -1.99. The largest absolute Gasteiger partial charge is 0.496 e. The molecule has 0 bridgehead atoms. The van der Waals surface area contributed by atoms with Gasteiger partial charge in [0.25, 0.3) is 0 Å². The summed E-state index contributed by atoms with van der Waals surface area (Å²) in [5, 5.41) is 2.57. The number of methoxy groups -OCH3 is 1. The molecule has 2 rings (SSSR count). The number of benzene rings is 2. The second-order valence-corrected chi connectivity index (χ2v) is 5.06. The SMILES string of the molecule is CCO/C(=C\N)c1ccc(N)cc1OC.Cc1cccc(NC=O)c1. The topological polar surface area (TPSA) is 99.6 Å². The lowest BCUT2D eigenvalue weighted by Gasteiger charge is -2.12. The summed E-state index contributed by atoms with van der Waals surface area (Å²) in [5.41, 5.74) is 14.6. The van der Waals surface area contributed by atoms with E-state index in [-0.39, 0.29) is 0 Å². The number of aryl methyl sites for hydroxylation is 1. The third-order valence-electron chi connectivity index (χ3n) is 3.19. The van der Waals surface area contributed by atoms with Gasteiger partial charge in [-0.2, -0.15) is 0 Å². The van der Waals surface area contributed by atoms with Crippen molar-refractivity contribution < 1.29 is 14.3 Å². The molecule has 0 aromatic heterocycles. The van der Waals surface area contributed by atoms with Crippen molar-refractivity contribution in [1.82, 2.24) is 0 Å². The quantitative estimate of drug-likeness (QED) is 0.425. The summed E-state index contributed by atoms with van der Waals surface area (Å²) in [6, 6.07) is 13.0. The first-order valence-corrected chi connectivity index (χ1v) is 7.81. The van der Waals surface area contributed by atoms with Crippen LogP contribution in [-0.2, 0) is 9.53 Å². The molecule has 0 aliphatic heterocycles. The molecule has 6 nitrogen and oxygen atoms in total. The molecule has 1 amide bonds. The molecule has 0 aliphatic rings. The number of carbonyl (C=O) groups is 1. The summed E-state index contributed by atoms with van der Waals surface area (Å²) >= 11 is 0. The minimum absolute atomic E-state index is 0.552. The average molecular weight is 343 g/mol. The van der Waals surface area contributed by atoms with Crippen molar-refractivity contribution in [3.05, 3.63) is 59.8 Å². The van der Waals surface area contributed by atoms with Crippen molar-refractivity contribution in [3.63, 3.8) is 0 Å². The highest BCUT2D eigenvalue weighted by Gasteiger charge is 2.09. The van der Waals surface area contributed by atoms with E-state index in [9.17, 15) is 4.79 Å². The molecule has 0 saturated heterocycles. The number of rotatable bonds is 6. The zero-order valence-electron chi connectivity index (χ0n) is 14.8. The Bertz CT molecular complexity index is 715. The number of anilines is 2. The van der Waals surface area contributed by atoms with E-state index in [1.807, 2.05) is 44.2 Å². The summed E-state index contributed by atoms with van der Waals surface area (Å²) in [6.07, 6.45) is 2.09. The maximum Gasteiger partial charge on any atom is 0.211 e. The standard InChI is InChI=1S/C11H16N2O2.C8H9NO/c1-3-15-11(7-12)9-5-4-8(13)6-10(9)14-2;1-7-3-2-4-8(5-7)9-6-10/h4-7H,3,12-13H2,1-2H3;2-6H,1H3,(H,9,10)/b11-7-;. The number of carbonyl (C=O) groups excluding carboxylic acids is 1. The van der Waals surface area contributed by atoms with Gasteiger partial charge in [-0.25, -0.2) is 0 Å². The molecule has 0 fully saturated rings. The van der Waals surface area contributed by atoms with E-state index < -0.39 is 0 Å². The number of amides is 1. The van der Waals surface area contributed by atoms with Crippen LogP contribution in [0, 0.1) is 6.92 Å². The second-order valence-electron chi connectivity index (χ2n) is 5.06. The molecular weight excluding hydrogens is 318 g/mol. The number of nitrogens with two attached hydrogens (primary N) is 2. The highest BCUT2D eigenvalue weighted by atomic mass is 16.5. The van der Waals surface area contributed by atoms with E-state index >= 15 is 0 Å². The first-order chi connectivity index (χ1) is 12.0. The van der Waals surface area contributed by atoms with Gasteiger partial charge in [0.05, 0.1) is 19.3 Å². The first-order valence-electron chi connectivity index (χ1n) is 7.81. The van der Waals surface area contributed by atoms with Crippen molar-refractivity contribution in [1.29, 1.82) is 0 Å². The summed E-state index contributed by atoms with van der Waals surface area (Å²) in [6.45, 7) is 4.43. The summed E-state index contributed by atoms with van der Waals surface area (Å²) in [4.78, 5) is 9.97. The third kappa shape index (κ3) is 6.47. The number of nitrogens with one attached hydrogen (secondary N) is 1. The maximum atomic E-state index is 9.97. The lowest BCUT2D eigenvalue weighted by atomic mass is 10.1. The van der Waals surface area contributed by atoms with E-state index in [0.29, 0.717) is 30.2 Å². The van der Waals surface area contributed by atoms with E-state index in [1.165, 1.54) is 6.20 Å². The molecule has 0 spiro atoms. The predicted molar refractivity (Wildman–Crippen MR) is 102 cm³/mol. The monoisotopic (exact) mass is 343 g/mol. The van der Waals surface area contributed by atoms with Crippen LogP contribution in [0.4, 0.5) is 11.4 Å². The number of hydrogen-bond acceptors (Lipinski definition) is 5. The fourth-order valence-corrected chi connectivity index (χ4v) is 2.09. The van der Waals surface area contributed by atoms with Gasteiger partial charge in [0.15, 0.2) is 0 Å². The minimum Gasteiger partial charge on any atom is -0.496 e. The highest BCUT2D eigenvalue weighted by molar-refractivity contribution is 5.71. The maximum absolute atomic E-state index is 9.97. The van der Waals surface area contributed by atoms with Crippen LogP contribution in [0.5, 0.6) is 5.75 Å². The van der Waals surface area contributed by atoms with E-state index in [1.54, 1.807) is 19.2 Å². The summed E-state index contributed by atoms with van der Waals surface area (Å²) in [5.74, 6) is 1.24. The molecule has 0 atom stereocenters. The molecule has 0 heterocycles. The Morgan fingerprint density at radius 1 is 1.24 bits per heavy atom. The molecule has 0 radical (unpaired) electrons. The first kappa shape index (κ1) is 19.9. The van der Waals surface area contributed by atoms with Crippen LogP contribution in [0.2, 0.25) is 0 Å². The number of ether oxygens (including phenoxy) is 2. The van der Waals surface area contributed by atoms with Crippen molar-refractivity contribution in [3.8, 4) is 5.75 Å². The smallest absolute Gasteiger partial charge is 0.211 e. The Morgan fingerprint density at radius 3 is 2.56 bits per heavy atom. The van der Waals surface area contributed by atoms with Gasteiger partial charge < -0.3 is 26.3 Å². The molecule has 25 heavy (non-hydrogen) atoms. The van der Waals surface area contributed by atoms with Crippen molar-refractivity contribution in [2.24, 2.45) is 5.73 Å². The van der Waals surface area contributed by atoms with Gasteiger partial charge in [0.1, 0.15) is 11.5 Å². The van der Waals surface area contributed by atoms with Crippen molar-refractivity contribution in [2.75, 3.05) is 24.8 Å². The fraction of sp³-hybridized carbons (Fsp3) is 0.211. The van der Waals surface area contributed by atoms with Gasteiger partial charge in [-0.05, 0) is 43.7 Å². The number of hydrogen-bond donors (Lipinski definition) is 3. The Labute approximate surface area is 148 Å². The summed E-state index contributed by atoms with van der Waals surface area (Å²) in [7, 11) is 1.58. The van der Waals surface area contributed by atoms with Crippen LogP contribution in [-0.4, -0.2) is 20.1 Å². The lowest BCUT2D eigenvalue weighted by molar-refractivity contribution is -0.105. The molecule has 5 N–H and O–H groups in total. The Balaban J connectivity index is 0.000000271. The van der Waals surface area contributed by atoms with Crippen LogP contribution < -0.4 is 21.5 Å². The Morgan fingerprint density at radius 2 is 2.00 bits per heavy atom. The molecule has 0 aliphatic carbocycles. The van der Waals surface area contributed by atoms with Crippen LogP contribution in [0.15, 0.2) is 48.7 Å². The van der Waals surface area contributed by atoms with E-state index in [0.717, 1.165) is 16.8 Å². The molecule has 6 heteroatoms. The second kappa shape index (κ2) is 10.6. The van der Waals surface area contributed by atoms with Crippen molar-refractivity contribution in [2.45, 2.75) is 13.8 Å². The summed E-state index contributed by atoms with van der Waals surface area (Å²) < 4.78 is 10.6. The predicted octanol–water partition coefficient (Wildman–Crippen LogP) is 3.13.